The first kappa shape index (κ1) is 20.7. The Balaban J connectivity index is 3.43. The molecule has 2 N–H and O–H groups in total. The predicted octanol–water partition coefficient (Wildman–Crippen LogP) is 3.16. The molecule has 0 saturated carbocycles. The highest BCUT2D eigenvalue weighted by atomic mass is 16.6. The molecular weight excluding hydrogens is 322 g/mol. The number of ether oxygens (including phenoxy) is 2. The SMILES string of the molecule is Cc1cc(N)c(C(C(=O)OC(C)(C)C)C(=O)OC(C)(C)C)cc1C=O. The minimum absolute atomic E-state index is 0.205. The Morgan fingerprint density at radius 1 is 1.00 bits per heavy atom. The Hall–Kier alpha value is -2.37. The summed E-state index contributed by atoms with van der Waals surface area (Å²) >= 11 is 0. The molecule has 0 aliphatic rings. The van der Waals surface area contributed by atoms with Gasteiger partial charge >= 0.3 is 11.9 Å². The number of rotatable bonds is 4. The van der Waals surface area contributed by atoms with Crippen molar-refractivity contribution in [3.63, 3.8) is 0 Å². The number of anilines is 1. The van der Waals surface area contributed by atoms with Gasteiger partial charge in [0, 0.05) is 16.8 Å². The number of esters is 2. The molecule has 25 heavy (non-hydrogen) atoms. The zero-order chi connectivity index (χ0) is 19.6. The molecule has 0 bridgehead atoms. The second-order valence-corrected chi connectivity index (χ2v) is 7.96. The molecule has 0 radical (unpaired) electrons. The topological polar surface area (TPSA) is 95.7 Å². The van der Waals surface area contributed by atoms with Gasteiger partial charge < -0.3 is 15.2 Å². The van der Waals surface area contributed by atoms with Crippen molar-refractivity contribution < 1.29 is 23.9 Å². The molecule has 0 aliphatic heterocycles. The molecule has 1 rings (SSSR count). The number of nitrogens with two attached hydrogens (primary N) is 1. The number of carbonyl (C=O) groups is 3. The van der Waals surface area contributed by atoms with Gasteiger partial charge in [0.15, 0.2) is 5.92 Å². The lowest BCUT2D eigenvalue weighted by atomic mass is 9.93. The summed E-state index contributed by atoms with van der Waals surface area (Å²) in [6.45, 7) is 11.9. The molecule has 0 saturated heterocycles. The average Bonchev–Trinajstić information content (AvgIpc) is 2.37. The molecule has 6 heteroatoms. The molecule has 0 amide bonds. The van der Waals surface area contributed by atoms with Gasteiger partial charge in [0.2, 0.25) is 0 Å². The highest BCUT2D eigenvalue weighted by Crippen LogP contribution is 2.30. The second kappa shape index (κ2) is 7.25. The molecule has 0 spiro atoms. The average molecular weight is 349 g/mol. The van der Waals surface area contributed by atoms with Gasteiger partial charge in [0.1, 0.15) is 17.5 Å². The fraction of sp³-hybridized carbons (Fsp3) is 0.526. The van der Waals surface area contributed by atoms with Crippen molar-refractivity contribution in [2.75, 3.05) is 5.73 Å². The first-order chi connectivity index (χ1) is 11.2. The van der Waals surface area contributed by atoms with E-state index in [9.17, 15) is 14.4 Å². The van der Waals surface area contributed by atoms with Crippen LogP contribution in [-0.2, 0) is 19.1 Å². The molecule has 138 valence electrons. The lowest BCUT2D eigenvalue weighted by Crippen LogP contribution is -2.36. The summed E-state index contributed by atoms with van der Waals surface area (Å²) in [6, 6.07) is 3.00. The maximum Gasteiger partial charge on any atom is 0.325 e. The smallest absolute Gasteiger partial charge is 0.325 e. The third-order valence-electron chi connectivity index (χ3n) is 3.19. The van der Waals surface area contributed by atoms with Gasteiger partial charge in [-0.3, -0.25) is 14.4 Å². The first-order valence-electron chi connectivity index (χ1n) is 8.06. The standard InChI is InChI=1S/C19H27NO5/c1-11-8-14(20)13(9-12(11)10-21)15(16(22)24-18(2,3)4)17(23)25-19(5,6)7/h8-10,15H,20H2,1-7H3. The van der Waals surface area contributed by atoms with Crippen LogP contribution in [0.2, 0.25) is 0 Å². The normalized spacial score (nSPS) is 12.0. The van der Waals surface area contributed by atoms with E-state index in [0.717, 1.165) is 0 Å². The van der Waals surface area contributed by atoms with Crippen molar-refractivity contribution in [3.8, 4) is 0 Å². The molecule has 6 nitrogen and oxygen atoms in total. The van der Waals surface area contributed by atoms with Gasteiger partial charge in [0.05, 0.1) is 0 Å². The van der Waals surface area contributed by atoms with Crippen molar-refractivity contribution in [3.05, 3.63) is 28.8 Å². The van der Waals surface area contributed by atoms with Gasteiger partial charge in [-0.05, 0) is 66.2 Å². The molecule has 1 aromatic rings. The van der Waals surface area contributed by atoms with Crippen LogP contribution in [0.15, 0.2) is 12.1 Å². The van der Waals surface area contributed by atoms with E-state index < -0.39 is 29.1 Å². The third kappa shape index (κ3) is 5.89. The maximum atomic E-state index is 12.7. The lowest BCUT2D eigenvalue weighted by Gasteiger charge is -2.27. The Labute approximate surface area is 148 Å². The quantitative estimate of drug-likeness (QED) is 0.388. The van der Waals surface area contributed by atoms with E-state index in [4.69, 9.17) is 15.2 Å². The van der Waals surface area contributed by atoms with Crippen LogP contribution < -0.4 is 5.73 Å². The summed E-state index contributed by atoms with van der Waals surface area (Å²) in [7, 11) is 0. The van der Waals surface area contributed by atoms with E-state index in [2.05, 4.69) is 0 Å². The van der Waals surface area contributed by atoms with Crippen molar-refractivity contribution in [1.29, 1.82) is 0 Å². The Morgan fingerprint density at radius 2 is 1.44 bits per heavy atom. The predicted molar refractivity (Wildman–Crippen MR) is 95.4 cm³/mol. The van der Waals surface area contributed by atoms with E-state index in [1.165, 1.54) is 6.07 Å². The number of hydrogen-bond acceptors (Lipinski definition) is 6. The fourth-order valence-corrected chi connectivity index (χ4v) is 2.21. The van der Waals surface area contributed by atoms with Crippen LogP contribution in [0, 0.1) is 6.92 Å². The van der Waals surface area contributed by atoms with Crippen molar-refractivity contribution >= 4 is 23.9 Å². The van der Waals surface area contributed by atoms with Crippen molar-refractivity contribution in [2.45, 2.75) is 65.6 Å². The zero-order valence-electron chi connectivity index (χ0n) is 15.9. The van der Waals surface area contributed by atoms with Crippen LogP contribution in [0.25, 0.3) is 0 Å². The number of nitrogen functional groups attached to an aromatic ring is 1. The summed E-state index contributed by atoms with van der Waals surface area (Å²) in [5.41, 5.74) is 5.88. The zero-order valence-corrected chi connectivity index (χ0v) is 15.9. The molecule has 0 unspecified atom stereocenters. The highest BCUT2D eigenvalue weighted by molar-refractivity contribution is 6.02. The third-order valence-corrected chi connectivity index (χ3v) is 3.19. The van der Waals surface area contributed by atoms with Crippen LogP contribution >= 0.6 is 0 Å². The fourth-order valence-electron chi connectivity index (χ4n) is 2.21. The van der Waals surface area contributed by atoms with E-state index in [-0.39, 0.29) is 11.3 Å². The summed E-state index contributed by atoms with van der Waals surface area (Å²) < 4.78 is 10.7. The molecule has 0 heterocycles. The Kier molecular flexibility index (Phi) is 6.00. The number of aryl methyl sites for hydroxylation is 1. The lowest BCUT2D eigenvalue weighted by molar-refractivity contribution is -0.169. The summed E-state index contributed by atoms with van der Waals surface area (Å²) in [6.07, 6.45) is 0.652. The van der Waals surface area contributed by atoms with Gasteiger partial charge in [-0.2, -0.15) is 0 Å². The van der Waals surface area contributed by atoms with E-state index >= 15 is 0 Å². The number of benzene rings is 1. The maximum absolute atomic E-state index is 12.7. The largest absolute Gasteiger partial charge is 0.459 e. The second-order valence-electron chi connectivity index (χ2n) is 7.96. The molecule has 0 aliphatic carbocycles. The molecular formula is C19H27NO5. The van der Waals surface area contributed by atoms with Crippen molar-refractivity contribution in [2.24, 2.45) is 0 Å². The van der Waals surface area contributed by atoms with Gasteiger partial charge in [0.25, 0.3) is 0 Å². The van der Waals surface area contributed by atoms with Crippen LogP contribution in [0.4, 0.5) is 5.69 Å². The van der Waals surface area contributed by atoms with E-state index in [1.54, 1.807) is 54.5 Å². The number of aldehydes is 1. The molecule has 0 atom stereocenters. The first-order valence-corrected chi connectivity index (χ1v) is 8.06. The molecule has 1 aromatic carbocycles. The number of carbonyl (C=O) groups excluding carboxylic acids is 3. The minimum Gasteiger partial charge on any atom is -0.459 e. The summed E-state index contributed by atoms with van der Waals surface area (Å²) in [5.74, 6) is -2.90. The van der Waals surface area contributed by atoms with Crippen LogP contribution in [0.5, 0.6) is 0 Å². The molecule has 0 fully saturated rings. The summed E-state index contributed by atoms with van der Waals surface area (Å²) in [4.78, 5) is 36.6. The molecule has 0 aromatic heterocycles. The van der Waals surface area contributed by atoms with E-state index in [0.29, 0.717) is 17.4 Å². The highest BCUT2D eigenvalue weighted by Gasteiger charge is 2.37. The Bertz CT molecular complexity index is 652. The van der Waals surface area contributed by atoms with Gasteiger partial charge in [-0.15, -0.1) is 0 Å². The van der Waals surface area contributed by atoms with Crippen LogP contribution in [-0.4, -0.2) is 29.4 Å². The minimum atomic E-state index is -1.36. The summed E-state index contributed by atoms with van der Waals surface area (Å²) in [5, 5.41) is 0. The van der Waals surface area contributed by atoms with Crippen LogP contribution in [0.3, 0.4) is 0 Å². The Morgan fingerprint density at radius 3 is 1.80 bits per heavy atom. The number of hydrogen-bond donors (Lipinski definition) is 1. The monoisotopic (exact) mass is 349 g/mol. The van der Waals surface area contributed by atoms with E-state index in [1.807, 2.05) is 0 Å². The van der Waals surface area contributed by atoms with Gasteiger partial charge in [-0.1, -0.05) is 0 Å². The van der Waals surface area contributed by atoms with Gasteiger partial charge in [-0.25, -0.2) is 0 Å². The van der Waals surface area contributed by atoms with Crippen molar-refractivity contribution in [1.82, 2.24) is 0 Å². The van der Waals surface area contributed by atoms with Crippen LogP contribution in [0.1, 0.15) is 68.9 Å².